The van der Waals surface area contributed by atoms with Crippen molar-refractivity contribution in [3.05, 3.63) is 65.3 Å². The lowest BCUT2D eigenvalue weighted by molar-refractivity contribution is 0.599. The molecule has 134 valence electrons. The summed E-state index contributed by atoms with van der Waals surface area (Å²) in [6, 6.07) is 10.4. The molecule has 0 radical (unpaired) electrons. The summed E-state index contributed by atoms with van der Waals surface area (Å²) >= 11 is 5.67. The van der Waals surface area contributed by atoms with Crippen molar-refractivity contribution in [3.63, 3.8) is 0 Å². The summed E-state index contributed by atoms with van der Waals surface area (Å²) in [7, 11) is -3.85. The van der Waals surface area contributed by atoms with Crippen LogP contribution in [-0.2, 0) is 23.0 Å². The minimum absolute atomic E-state index is 0.0958. The van der Waals surface area contributed by atoms with E-state index in [2.05, 4.69) is 14.3 Å². The molecule has 1 aromatic heterocycles. The molecule has 0 bridgehead atoms. The lowest BCUT2D eigenvalue weighted by Gasteiger charge is -2.10. The first-order valence-corrected chi connectivity index (χ1v) is 9.93. The van der Waals surface area contributed by atoms with Gasteiger partial charge >= 0.3 is 0 Å². The number of fused-ring (bicyclic) bond motifs is 1. The summed E-state index contributed by atoms with van der Waals surface area (Å²) in [6.45, 7) is 0.949. The van der Waals surface area contributed by atoms with Crippen molar-refractivity contribution >= 4 is 27.3 Å². The number of nitrogens with zero attached hydrogens (tertiary/aromatic N) is 2. The average molecular weight is 392 g/mol. The van der Waals surface area contributed by atoms with Gasteiger partial charge in [0.2, 0.25) is 0 Å². The van der Waals surface area contributed by atoms with Gasteiger partial charge < -0.3 is 4.57 Å². The van der Waals surface area contributed by atoms with Gasteiger partial charge in [0, 0.05) is 18.7 Å². The zero-order chi connectivity index (χ0) is 18.3. The van der Waals surface area contributed by atoms with Crippen LogP contribution in [0.1, 0.15) is 12.2 Å². The maximum absolute atomic E-state index is 13.2. The van der Waals surface area contributed by atoms with Gasteiger partial charge in [-0.2, -0.15) is 0 Å². The van der Waals surface area contributed by atoms with Gasteiger partial charge in [-0.25, -0.2) is 17.8 Å². The van der Waals surface area contributed by atoms with Crippen LogP contribution in [0.3, 0.4) is 0 Å². The Morgan fingerprint density at radius 1 is 1.15 bits per heavy atom. The number of anilines is 1. The van der Waals surface area contributed by atoms with Crippen molar-refractivity contribution in [3.8, 4) is 11.3 Å². The van der Waals surface area contributed by atoms with Gasteiger partial charge in [0.15, 0.2) is 0 Å². The third kappa shape index (κ3) is 3.08. The molecule has 0 fully saturated rings. The van der Waals surface area contributed by atoms with E-state index >= 15 is 0 Å². The molecule has 1 N–H and O–H groups in total. The van der Waals surface area contributed by atoms with Crippen molar-refractivity contribution in [2.24, 2.45) is 0 Å². The van der Waals surface area contributed by atoms with E-state index in [1.807, 2.05) is 18.3 Å². The summed E-state index contributed by atoms with van der Waals surface area (Å²) in [5.74, 6) is 0.418. The average Bonchev–Trinajstić information content (AvgIpc) is 3.21. The molecule has 1 aliphatic rings. The molecular weight excluding hydrogens is 377 g/mol. The third-order valence-corrected chi connectivity index (χ3v) is 6.02. The molecule has 3 aromatic rings. The van der Waals surface area contributed by atoms with E-state index in [4.69, 9.17) is 11.6 Å². The maximum atomic E-state index is 13.2. The zero-order valence-electron chi connectivity index (χ0n) is 13.6. The fraction of sp³-hybridized carbons (Fsp3) is 0.167. The Bertz CT molecular complexity index is 1080. The van der Waals surface area contributed by atoms with Gasteiger partial charge in [-0.3, -0.25) is 4.72 Å². The minimum atomic E-state index is -3.85. The number of aromatic nitrogens is 2. The minimum Gasteiger partial charge on any atom is -0.328 e. The summed E-state index contributed by atoms with van der Waals surface area (Å²) < 4.78 is 42.7. The molecule has 0 saturated carbocycles. The van der Waals surface area contributed by atoms with Crippen LogP contribution in [0, 0.1) is 5.82 Å². The van der Waals surface area contributed by atoms with Crippen molar-refractivity contribution in [2.45, 2.75) is 24.3 Å². The van der Waals surface area contributed by atoms with Crippen LogP contribution in [0.2, 0.25) is 5.02 Å². The van der Waals surface area contributed by atoms with E-state index in [0.717, 1.165) is 48.6 Å². The number of benzene rings is 2. The SMILES string of the molecule is O=S(=O)(Nc1ccc(-c2cnc3n2CCC3)cc1)c1ccc(F)c(Cl)c1. The molecule has 0 atom stereocenters. The Balaban J connectivity index is 1.58. The largest absolute Gasteiger partial charge is 0.328 e. The Labute approximate surface area is 155 Å². The molecule has 8 heteroatoms. The monoisotopic (exact) mass is 391 g/mol. The van der Waals surface area contributed by atoms with E-state index in [1.54, 1.807) is 12.1 Å². The van der Waals surface area contributed by atoms with Gasteiger partial charge in [0.05, 0.1) is 21.8 Å². The van der Waals surface area contributed by atoms with Gasteiger partial charge in [0.1, 0.15) is 11.6 Å². The second-order valence-corrected chi connectivity index (χ2v) is 8.16. The van der Waals surface area contributed by atoms with E-state index in [1.165, 1.54) is 6.07 Å². The Morgan fingerprint density at radius 2 is 1.92 bits per heavy atom. The predicted octanol–water partition coefficient (Wildman–Crippen LogP) is 4.09. The topological polar surface area (TPSA) is 64.0 Å². The molecule has 0 aliphatic carbocycles. The molecule has 2 aromatic carbocycles. The second kappa shape index (κ2) is 6.41. The molecule has 4 rings (SSSR count). The normalized spacial score (nSPS) is 13.6. The number of nitrogens with one attached hydrogen (secondary N) is 1. The maximum Gasteiger partial charge on any atom is 0.261 e. The number of imidazole rings is 1. The molecule has 26 heavy (non-hydrogen) atoms. The van der Waals surface area contributed by atoms with Gasteiger partial charge in [-0.1, -0.05) is 23.7 Å². The first-order chi connectivity index (χ1) is 12.4. The lowest BCUT2D eigenvalue weighted by atomic mass is 10.1. The molecule has 0 saturated heterocycles. The van der Waals surface area contributed by atoms with E-state index in [9.17, 15) is 12.8 Å². The van der Waals surface area contributed by atoms with Crippen LogP contribution in [0.25, 0.3) is 11.3 Å². The third-order valence-electron chi connectivity index (χ3n) is 4.35. The van der Waals surface area contributed by atoms with Crippen LogP contribution in [0.5, 0.6) is 0 Å². The highest BCUT2D eigenvalue weighted by Gasteiger charge is 2.18. The van der Waals surface area contributed by atoms with E-state index < -0.39 is 15.8 Å². The van der Waals surface area contributed by atoms with Gasteiger partial charge in [0.25, 0.3) is 10.0 Å². The van der Waals surface area contributed by atoms with Crippen LogP contribution in [0.4, 0.5) is 10.1 Å². The molecule has 2 heterocycles. The van der Waals surface area contributed by atoms with Crippen LogP contribution >= 0.6 is 11.6 Å². The number of aryl methyl sites for hydroxylation is 1. The number of halogens is 2. The summed E-state index contributed by atoms with van der Waals surface area (Å²) in [5, 5.41) is -0.238. The zero-order valence-corrected chi connectivity index (χ0v) is 15.2. The number of hydrogen-bond acceptors (Lipinski definition) is 3. The predicted molar refractivity (Wildman–Crippen MR) is 98.2 cm³/mol. The quantitative estimate of drug-likeness (QED) is 0.728. The first kappa shape index (κ1) is 17.1. The molecule has 5 nitrogen and oxygen atoms in total. The second-order valence-electron chi connectivity index (χ2n) is 6.07. The summed E-state index contributed by atoms with van der Waals surface area (Å²) in [4.78, 5) is 4.32. The smallest absolute Gasteiger partial charge is 0.261 e. The Hall–Kier alpha value is -2.38. The highest BCUT2D eigenvalue weighted by molar-refractivity contribution is 7.92. The molecular formula is C18H15ClFN3O2S. The van der Waals surface area contributed by atoms with Gasteiger partial charge in [-0.15, -0.1) is 0 Å². The molecule has 0 unspecified atom stereocenters. The standard InChI is InChI=1S/C18H15ClFN3O2S/c19-15-10-14(7-8-16(15)20)26(24,25)22-13-5-3-12(4-6-13)17-11-21-18-2-1-9-23(17)18/h3-8,10-11,22H,1-2,9H2. The van der Waals surface area contributed by atoms with E-state index in [-0.39, 0.29) is 9.92 Å². The Kier molecular flexibility index (Phi) is 4.20. The van der Waals surface area contributed by atoms with Crippen LogP contribution in [-0.4, -0.2) is 18.0 Å². The van der Waals surface area contributed by atoms with Crippen molar-refractivity contribution in [1.82, 2.24) is 9.55 Å². The van der Waals surface area contributed by atoms with Crippen molar-refractivity contribution in [2.75, 3.05) is 4.72 Å². The van der Waals surface area contributed by atoms with Crippen molar-refractivity contribution in [1.29, 1.82) is 0 Å². The van der Waals surface area contributed by atoms with Gasteiger partial charge in [-0.05, 0) is 42.3 Å². The highest BCUT2D eigenvalue weighted by atomic mass is 35.5. The molecule has 0 spiro atoms. The molecule has 0 amide bonds. The number of sulfonamides is 1. The van der Waals surface area contributed by atoms with E-state index in [0.29, 0.717) is 5.69 Å². The Morgan fingerprint density at radius 3 is 2.65 bits per heavy atom. The fourth-order valence-electron chi connectivity index (χ4n) is 3.06. The fourth-order valence-corrected chi connectivity index (χ4v) is 4.39. The molecule has 1 aliphatic heterocycles. The first-order valence-electron chi connectivity index (χ1n) is 8.07. The highest BCUT2D eigenvalue weighted by Crippen LogP contribution is 2.27. The number of hydrogen-bond donors (Lipinski definition) is 1. The lowest BCUT2D eigenvalue weighted by Crippen LogP contribution is -2.13. The number of rotatable bonds is 4. The summed E-state index contributed by atoms with van der Waals surface area (Å²) in [5.41, 5.74) is 2.41. The van der Waals surface area contributed by atoms with Crippen molar-refractivity contribution < 1.29 is 12.8 Å². The summed E-state index contributed by atoms with van der Waals surface area (Å²) in [6.07, 6.45) is 3.92. The van der Waals surface area contributed by atoms with Crippen LogP contribution < -0.4 is 4.72 Å². The van der Waals surface area contributed by atoms with Crippen LogP contribution in [0.15, 0.2) is 53.6 Å².